The zero-order valence-corrected chi connectivity index (χ0v) is 9.22. The van der Waals surface area contributed by atoms with E-state index in [-0.39, 0.29) is 23.6 Å². The summed E-state index contributed by atoms with van der Waals surface area (Å²) < 4.78 is 0. The molecule has 1 N–H and O–H groups in total. The first-order valence-electron chi connectivity index (χ1n) is 4.86. The third-order valence-corrected chi connectivity index (χ3v) is 2.45. The summed E-state index contributed by atoms with van der Waals surface area (Å²) in [6.07, 6.45) is 1.36. The average Bonchev–Trinajstić information content (AvgIpc) is 2.42. The van der Waals surface area contributed by atoms with Gasteiger partial charge in [-0.2, -0.15) is 12.6 Å². The van der Waals surface area contributed by atoms with Crippen LogP contribution in [0.2, 0.25) is 0 Å². The van der Waals surface area contributed by atoms with Crippen molar-refractivity contribution in [1.82, 2.24) is 10.2 Å². The number of nitrogens with zero attached hydrogens (tertiary/aromatic N) is 1. The summed E-state index contributed by atoms with van der Waals surface area (Å²) in [4.78, 5) is 24.1. The quantitative estimate of drug-likeness (QED) is 0.652. The van der Waals surface area contributed by atoms with Crippen LogP contribution in [-0.4, -0.2) is 41.6 Å². The lowest BCUT2D eigenvalue weighted by molar-refractivity contribution is -0.133. The standard InChI is InChI=1S/C9H16N2O2S/c1-2-3-10-8(12)6-11-5-7(14)4-9(11)13/h7,14H,2-6H2,1H3,(H,10,12). The molecule has 1 atom stereocenters. The van der Waals surface area contributed by atoms with E-state index in [1.807, 2.05) is 6.92 Å². The molecule has 0 bridgehead atoms. The Kier molecular flexibility index (Phi) is 4.25. The van der Waals surface area contributed by atoms with Crippen LogP contribution in [-0.2, 0) is 9.59 Å². The minimum atomic E-state index is -0.0809. The van der Waals surface area contributed by atoms with Crippen molar-refractivity contribution in [3.8, 4) is 0 Å². The van der Waals surface area contributed by atoms with Gasteiger partial charge in [-0.15, -0.1) is 0 Å². The van der Waals surface area contributed by atoms with Gasteiger partial charge < -0.3 is 10.2 Å². The zero-order valence-electron chi connectivity index (χ0n) is 8.32. The summed E-state index contributed by atoms with van der Waals surface area (Å²) >= 11 is 4.21. The maximum atomic E-state index is 11.3. The van der Waals surface area contributed by atoms with Gasteiger partial charge in [0.2, 0.25) is 11.8 Å². The first-order chi connectivity index (χ1) is 6.63. The second-order valence-electron chi connectivity index (χ2n) is 3.48. The topological polar surface area (TPSA) is 49.4 Å². The van der Waals surface area contributed by atoms with Crippen molar-refractivity contribution in [2.45, 2.75) is 25.0 Å². The van der Waals surface area contributed by atoms with E-state index in [0.29, 0.717) is 19.5 Å². The summed E-state index contributed by atoms with van der Waals surface area (Å²) in [5.41, 5.74) is 0. The van der Waals surface area contributed by atoms with Gasteiger partial charge in [-0.3, -0.25) is 9.59 Å². The molecule has 1 saturated heterocycles. The van der Waals surface area contributed by atoms with Crippen LogP contribution in [0.4, 0.5) is 0 Å². The van der Waals surface area contributed by atoms with Gasteiger partial charge in [0.05, 0.1) is 6.54 Å². The van der Waals surface area contributed by atoms with Gasteiger partial charge in [0, 0.05) is 24.8 Å². The Balaban J connectivity index is 2.30. The van der Waals surface area contributed by atoms with E-state index in [2.05, 4.69) is 17.9 Å². The maximum absolute atomic E-state index is 11.3. The minimum absolute atomic E-state index is 0.0247. The molecular formula is C9H16N2O2S. The van der Waals surface area contributed by atoms with Crippen LogP contribution in [0.25, 0.3) is 0 Å². The van der Waals surface area contributed by atoms with Crippen LogP contribution in [0, 0.1) is 0 Å². The molecule has 2 amide bonds. The normalized spacial score (nSPS) is 21.4. The Morgan fingerprint density at radius 2 is 2.43 bits per heavy atom. The number of hydrogen-bond acceptors (Lipinski definition) is 3. The largest absolute Gasteiger partial charge is 0.355 e. The Morgan fingerprint density at radius 1 is 1.71 bits per heavy atom. The third-order valence-electron chi connectivity index (χ3n) is 2.10. The molecule has 5 heteroatoms. The number of amides is 2. The monoisotopic (exact) mass is 216 g/mol. The van der Waals surface area contributed by atoms with Crippen molar-refractivity contribution >= 4 is 24.4 Å². The van der Waals surface area contributed by atoms with Gasteiger partial charge in [0.25, 0.3) is 0 Å². The van der Waals surface area contributed by atoms with Crippen molar-refractivity contribution in [1.29, 1.82) is 0 Å². The summed E-state index contributed by atoms with van der Waals surface area (Å²) in [6, 6.07) is 0. The molecule has 0 saturated carbocycles. The number of carbonyl (C=O) groups is 2. The van der Waals surface area contributed by atoms with E-state index < -0.39 is 0 Å². The van der Waals surface area contributed by atoms with Crippen LogP contribution < -0.4 is 5.32 Å². The fraction of sp³-hybridized carbons (Fsp3) is 0.778. The van der Waals surface area contributed by atoms with Crippen molar-refractivity contribution in [2.75, 3.05) is 19.6 Å². The summed E-state index contributed by atoms with van der Waals surface area (Å²) in [7, 11) is 0. The van der Waals surface area contributed by atoms with Gasteiger partial charge >= 0.3 is 0 Å². The summed E-state index contributed by atoms with van der Waals surface area (Å²) in [5, 5.41) is 2.82. The highest BCUT2D eigenvalue weighted by Gasteiger charge is 2.28. The molecule has 80 valence electrons. The van der Waals surface area contributed by atoms with E-state index in [1.165, 1.54) is 0 Å². The average molecular weight is 216 g/mol. The molecule has 1 unspecified atom stereocenters. The lowest BCUT2D eigenvalue weighted by atomic mass is 10.4. The van der Waals surface area contributed by atoms with Crippen molar-refractivity contribution in [2.24, 2.45) is 0 Å². The molecule has 0 aromatic rings. The van der Waals surface area contributed by atoms with E-state index in [9.17, 15) is 9.59 Å². The molecule has 0 spiro atoms. The predicted molar refractivity (Wildman–Crippen MR) is 57.3 cm³/mol. The highest BCUT2D eigenvalue weighted by atomic mass is 32.1. The van der Waals surface area contributed by atoms with Gasteiger partial charge in [0.15, 0.2) is 0 Å². The molecule has 4 nitrogen and oxygen atoms in total. The Hall–Kier alpha value is -0.710. The Bertz CT molecular complexity index is 233. The van der Waals surface area contributed by atoms with Crippen molar-refractivity contribution in [3.63, 3.8) is 0 Å². The van der Waals surface area contributed by atoms with E-state index in [0.717, 1.165) is 6.42 Å². The molecule has 0 radical (unpaired) electrons. The first kappa shape index (κ1) is 11.4. The number of rotatable bonds is 4. The fourth-order valence-corrected chi connectivity index (χ4v) is 1.75. The predicted octanol–water partition coefficient (Wildman–Crippen LogP) is 0.0433. The van der Waals surface area contributed by atoms with Gasteiger partial charge in [0.1, 0.15) is 0 Å². The van der Waals surface area contributed by atoms with Crippen LogP contribution in [0.15, 0.2) is 0 Å². The second-order valence-corrected chi connectivity index (χ2v) is 4.21. The Morgan fingerprint density at radius 3 is 2.93 bits per heavy atom. The van der Waals surface area contributed by atoms with E-state index in [1.54, 1.807) is 4.90 Å². The highest BCUT2D eigenvalue weighted by Crippen LogP contribution is 2.14. The zero-order chi connectivity index (χ0) is 10.6. The molecule has 1 aliphatic heterocycles. The van der Waals surface area contributed by atoms with Gasteiger partial charge in [-0.1, -0.05) is 6.92 Å². The molecule has 0 aromatic heterocycles. The lowest BCUT2D eigenvalue weighted by Gasteiger charge is -2.14. The van der Waals surface area contributed by atoms with Crippen molar-refractivity contribution in [3.05, 3.63) is 0 Å². The molecule has 1 rings (SSSR count). The van der Waals surface area contributed by atoms with Gasteiger partial charge in [-0.05, 0) is 6.42 Å². The van der Waals surface area contributed by atoms with Crippen LogP contribution >= 0.6 is 12.6 Å². The molecule has 1 aliphatic rings. The smallest absolute Gasteiger partial charge is 0.239 e. The number of thiol groups is 1. The molecule has 1 fully saturated rings. The number of hydrogen-bond donors (Lipinski definition) is 2. The number of nitrogens with one attached hydrogen (secondary N) is 1. The molecule has 0 aromatic carbocycles. The SMILES string of the molecule is CCCNC(=O)CN1CC(S)CC1=O. The second kappa shape index (κ2) is 5.24. The third kappa shape index (κ3) is 3.21. The number of carbonyl (C=O) groups excluding carboxylic acids is 2. The highest BCUT2D eigenvalue weighted by molar-refractivity contribution is 7.81. The molecule has 1 heterocycles. The number of likely N-dealkylation sites (tertiary alicyclic amines) is 1. The fourth-order valence-electron chi connectivity index (χ4n) is 1.40. The van der Waals surface area contributed by atoms with Crippen LogP contribution in [0.3, 0.4) is 0 Å². The van der Waals surface area contributed by atoms with Crippen LogP contribution in [0.5, 0.6) is 0 Å². The molecular weight excluding hydrogens is 200 g/mol. The van der Waals surface area contributed by atoms with E-state index in [4.69, 9.17) is 0 Å². The summed E-state index contributed by atoms with van der Waals surface area (Å²) in [6.45, 7) is 3.42. The Labute approximate surface area is 89.4 Å². The maximum Gasteiger partial charge on any atom is 0.239 e. The molecule has 14 heavy (non-hydrogen) atoms. The van der Waals surface area contributed by atoms with Gasteiger partial charge in [-0.25, -0.2) is 0 Å². The van der Waals surface area contributed by atoms with Crippen LogP contribution in [0.1, 0.15) is 19.8 Å². The van der Waals surface area contributed by atoms with Crippen molar-refractivity contribution < 1.29 is 9.59 Å². The summed E-state index contributed by atoms with van der Waals surface area (Å²) in [5.74, 6) is -0.0562. The minimum Gasteiger partial charge on any atom is -0.355 e. The van der Waals surface area contributed by atoms with E-state index >= 15 is 0 Å². The first-order valence-corrected chi connectivity index (χ1v) is 5.37. The lowest BCUT2D eigenvalue weighted by Crippen LogP contribution is -2.38. The molecule has 0 aliphatic carbocycles.